The van der Waals surface area contributed by atoms with E-state index in [4.69, 9.17) is 5.73 Å². The maximum atomic E-state index is 5.96. The van der Waals surface area contributed by atoms with E-state index in [0.29, 0.717) is 6.04 Å². The van der Waals surface area contributed by atoms with Gasteiger partial charge in [-0.3, -0.25) is 0 Å². The molecule has 0 aliphatic rings. The standard InChI is InChI=1S/C13H23N3/c1-9(2)5-6-11(4)16-13-12(14)10(3)7-8-15-13/h7-9,11H,5-6,14H2,1-4H3,(H,15,16). The third-order valence-corrected chi connectivity index (χ3v) is 2.77. The van der Waals surface area contributed by atoms with Gasteiger partial charge in [0.25, 0.3) is 0 Å². The Morgan fingerprint density at radius 1 is 1.31 bits per heavy atom. The quantitative estimate of drug-likeness (QED) is 0.802. The average molecular weight is 221 g/mol. The summed E-state index contributed by atoms with van der Waals surface area (Å²) in [6.45, 7) is 8.66. The molecule has 16 heavy (non-hydrogen) atoms. The van der Waals surface area contributed by atoms with Crippen molar-refractivity contribution in [2.24, 2.45) is 5.92 Å². The van der Waals surface area contributed by atoms with Gasteiger partial charge in [-0.1, -0.05) is 13.8 Å². The van der Waals surface area contributed by atoms with E-state index < -0.39 is 0 Å². The number of nitrogen functional groups attached to an aromatic ring is 1. The number of nitrogens with two attached hydrogens (primary N) is 1. The lowest BCUT2D eigenvalue weighted by Gasteiger charge is -2.17. The molecule has 0 radical (unpaired) electrons. The van der Waals surface area contributed by atoms with Gasteiger partial charge in [0.15, 0.2) is 0 Å². The molecular weight excluding hydrogens is 198 g/mol. The van der Waals surface area contributed by atoms with Crippen molar-refractivity contribution in [2.75, 3.05) is 11.1 Å². The molecule has 1 heterocycles. The number of nitrogens with zero attached hydrogens (tertiary/aromatic N) is 1. The maximum Gasteiger partial charge on any atom is 0.149 e. The maximum absolute atomic E-state index is 5.96. The van der Waals surface area contributed by atoms with Gasteiger partial charge in [-0.2, -0.15) is 0 Å². The number of aromatic nitrogens is 1. The van der Waals surface area contributed by atoms with Crippen LogP contribution in [0.4, 0.5) is 11.5 Å². The molecule has 0 aliphatic heterocycles. The van der Waals surface area contributed by atoms with Crippen LogP contribution in [0.1, 0.15) is 39.2 Å². The minimum absolute atomic E-state index is 0.416. The van der Waals surface area contributed by atoms with Gasteiger partial charge in [-0.15, -0.1) is 0 Å². The molecule has 0 amide bonds. The Hall–Kier alpha value is -1.25. The number of anilines is 2. The fraction of sp³-hybridized carbons (Fsp3) is 0.615. The first-order valence-corrected chi connectivity index (χ1v) is 5.98. The summed E-state index contributed by atoms with van der Waals surface area (Å²) in [5.41, 5.74) is 7.80. The van der Waals surface area contributed by atoms with Crippen LogP contribution in [0, 0.1) is 12.8 Å². The summed E-state index contributed by atoms with van der Waals surface area (Å²) in [7, 11) is 0. The number of nitrogens with one attached hydrogen (secondary N) is 1. The van der Waals surface area contributed by atoms with Crippen LogP contribution in [-0.4, -0.2) is 11.0 Å². The molecule has 1 rings (SSSR count). The van der Waals surface area contributed by atoms with Gasteiger partial charge in [0.2, 0.25) is 0 Å². The largest absolute Gasteiger partial charge is 0.396 e. The van der Waals surface area contributed by atoms with E-state index >= 15 is 0 Å². The number of aryl methyl sites for hydroxylation is 1. The van der Waals surface area contributed by atoms with Crippen LogP contribution >= 0.6 is 0 Å². The second-order valence-electron chi connectivity index (χ2n) is 4.91. The normalized spacial score (nSPS) is 12.8. The molecule has 1 aromatic heterocycles. The molecule has 1 unspecified atom stereocenters. The van der Waals surface area contributed by atoms with E-state index in [-0.39, 0.29) is 0 Å². The predicted octanol–water partition coefficient (Wildman–Crippen LogP) is 3.21. The summed E-state index contributed by atoms with van der Waals surface area (Å²) in [4.78, 5) is 4.27. The van der Waals surface area contributed by atoms with Crippen LogP contribution in [-0.2, 0) is 0 Å². The lowest BCUT2D eigenvalue weighted by molar-refractivity contribution is 0.527. The lowest BCUT2D eigenvalue weighted by atomic mass is 10.0. The monoisotopic (exact) mass is 221 g/mol. The molecule has 1 aromatic rings. The Bertz CT molecular complexity index is 334. The first-order chi connectivity index (χ1) is 7.50. The van der Waals surface area contributed by atoms with E-state index in [1.165, 1.54) is 6.42 Å². The van der Waals surface area contributed by atoms with E-state index in [1.807, 2.05) is 13.0 Å². The molecule has 0 saturated carbocycles. The highest BCUT2D eigenvalue weighted by Crippen LogP contribution is 2.20. The van der Waals surface area contributed by atoms with Crippen molar-refractivity contribution in [3.8, 4) is 0 Å². The summed E-state index contributed by atoms with van der Waals surface area (Å²) >= 11 is 0. The van der Waals surface area contributed by atoms with Gasteiger partial charge in [-0.25, -0.2) is 4.98 Å². The minimum atomic E-state index is 0.416. The Kier molecular flexibility index (Phi) is 4.59. The van der Waals surface area contributed by atoms with Gasteiger partial charge >= 0.3 is 0 Å². The molecule has 3 N–H and O–H groups in total. The predicted molar refractivity (Wildman–Crippen MR) is 70.5 cm³/mol. The molecule has 0 bridgehead atoms. The molecule has 3 heteroatoms. The summed E-state index contributed by atoms with van der Waals surface area (Å²) < 4.78 is 0. The molecule has 90 valence electrons. The molecule has 1 atom stereocenters. The Labute approximate surface area is 98.5 Å². The fourth-order valence-corrected chi connectivity index (χ4v) is 1.57. The number of hydrogen-bond acceptors (Lipinski definition) is 3. The highest BCUT2D eigenvalue weighted by atomic mass is 15.0. The summed E-state index contributed by atoms with van der Waals surface area (Å²) in [5.74, 6) is 1.56. The minimum Gasteiger partial charge on any atom is -0.396 e. The smallest absolute Gasteiger partial charge is 0.149 e. The van der Waals surface area contributed by atoms with Gasteiger partial charge in [-0.05, 0) is 44.2 Å². The van der Waals surface area contributed by atoms with E-state index in [1.54, 1.807) is 6.20 Å². The SMILES string of the molecule is Cc1ccnc(NC(C)CCC(C)C)c1N. The van der Waals surface area contributed by atoms with Crippen molar-refractivity contribution in [1.29, 1.82) is 0 Å². The number of rotatable bonds is 5. The zero-order valence-electron chi connectivity index (χ0n) is 10.7. The molecule has 0 aliphatic carbocycles. The van der Waals surface area contributed by atoms with Crippen LogP contribution in [0.3, 0.4) is 0 Å². The van der Waals surface area contributed by atoms with Crippen molar-refractivity contribution >= 4 is 11.5 Å². The first-order valence-electron chi connectivity index (χ1n) is 5.98. The van der Waals surface area contributed by atoms with Crippen molar-refractivity contribution < 1.29 is 0 Å². The molecule has 0 saturated heterocycles. The lowest BCUT2D eigenvalue weighted by Crippen LogP contribution is -2.18. The zero-order chi connectivity index (χ0) is 12.1. The first kappa shape index (κ1) is 12.8. The molecule has 3 nitrogen and oxygen atoms in total. The van der Waals surface area contributed by atoms with Gasteiger partial charge in [0, 0.05) is 12.2 Å². The van der Waals surface area contributed by atoms with Crippen LogP contribution in [0.5, 0.6) is 0 Å². The molecular formula is C13H23N3. The highest BCUT2D eigenvalue weighted by molar-refractivity contribution is 5.65. The molecule has 0 aromatic carbocycles. The Morgan fingerprint density at radius 2 is 2.00 bits per heavy atom. The van der Waals surface area contributed by atoms with Gasteiger partial charge in [0.05, 0.1) is 5.69 Å². The number of hydrogen-bond donors (Lipinski definition) is 2. The van der Waals surface area contributed by atoms with Gasteiger partial charge in [0.1, 0.15) is 5.82 Å². The van der Waals surface area contributed by atoms with E-state index in [0.717, 1.165) is 29.4 Å². The van der Waals surface area contributed by atoms with Gasteiger partial charge < -0.3 is 11.1 Å². The van der Waals surface area contributed by atoms with Crippen LogP contribution in [0.15, 0.2) is 12.3 Å². The van der Waals surface area contributed by atoms with Crippen LogP contribution in [0.2, 0.25) is 0 Å². The van der Waals surface area contributed by atoms with Crippen molar-refractivity contribution in [2.45, 2.75) is 46.6 Å². The molecule has 0 fully saturated rings. The fourth-order valence-electron chi connectivity index (χ4n) is 1.57. The van der Waals surface area contributed by atoms with Crippen LogP contribution < -0.4 is 11.1 Å². The number of pyridine rings is 1. The van der Waals surface area contributed by atoms with Crippen LogP contribution in [0.25, 0.3) is 0 Å². The Balaban J connectivity index is 2.56. The van der Waals surface area contributed by atoms with Crippen molar-refractivity contribution in [3.63, 3.8) is 0 Å². The topological polar surface area (TPSA) is 50.9 Å². The third kappa shape index (κ3) is 3.72. The van der Waals surface area contributed by atoms with E-state index in [9.17, 15) is 0 Å². The summed E-state index contributed by atoms with van der Waals surface area (Å²) in [6, 6.07) is 2.35. The van der Waals surface area contributed by atoms with Crippen molar-refractivity contribution in [1.82, 2.24) is 4.98 Å². The van der Waals surface area contributed by atoms with E-state index in [2.05, 4.69) is 31.1 Å². The Morgan fingerprint density at radius 3 is 2.62 bits per heavy atom. The average Bonchev–Trinajstić information content (AvgIpc) is 2.22. The summed E-state index contributed by atoms with van der Waals surface area (Å²) in [5, 5.41) is 3.37. The second-order valence-corrected chi connectivity index (χ2v) is 4.91. The zero-order valence-corrected chi connectivity index (χ0v) is 10.7. The molecule has 0 spiro atoms. The summed E-state index contributed by atoms with van der Waals surface area (Å²) in [6.07, 6.45) is 4.16. The third-order valence-electron chi connectivity index (χ3n) is 2.77. The highest BCUT2D eigenvalue weighted by Gasteiger charge is 2.07. The second kappa shape index (κ2) is 5.73. The van der Waals surface area contributed by atoms with Crippen molar-refractivity contribution in [3.05, 3.63) is 17.8 Å².